The van der Waals surface area contributed by atoms with Crippen molar-refractivity contribution in [3.8, 4) is 16.9 Å². The Bertz CT molecular complexity index is 709. The van der Waals surface area contributed by atoms with Gasteiger partial charge >= 0.3 is 0 Å². The number of ether oxygens (including phenoxy) is 1. The van der Waals surface area contributed by atoms with Gasteiger partial charge in [-0.1, -0.05) is 68.7 Å². The minimum Gasteiger partial charge on any atom is -0.494 e. The number of hydrogen-bond donors (Lipinski definition) is 0. The standard InChI is InChI=1S/C26H33FO/c1-2-3-4-5-20-28-26-16-14-25(15-17-26)24-12-10-23(11-13-24)22-8-6-21(7-9-22)18-19-27/h10-19,21-22H,2-9,20H2,1H3/t21-,22-. The fourth-order valence-corrected chi connectivity index (χ4v) is 4.16. The van der Waals surface area contributed by atoms with E-state index in [0.717, 1.165) is 44.5 Å². The third kappa shape index (κ3) is 5.95. The van der Waals surface area contributed by atoms with Gasteiger partial charge in [-0.3, -0.25) is 0 Å². The lowest BCUT2D eigenvalue weighted by atomic mass is 9.78. The van der Waals surface area contributed by atoms with E-state index in [9.17, 15) is 4.39 Å². The molecule has 0 spiro atoms. The lowest BCUT2D eigenvalue weighted by Crippen LogP contribution is -2.11. The van der Waals surface area contributed by atoms with Crippen LogP contribution in [0.1, 0.15) is 69.8 Å². The van der Waals surface area contributed by atoms with Crippen LogP contribution < -0.4 is 4.74 Å². The SMILES string of the molecule is CCCCCCOc1ccc(-c2ccc([C@H]3CC[C@H](C=CF)CC3)cc2)cc1. The molecule has 1 aliphatic carbocycles. The second kappa shape index (κ2) is 11.0. The van der Waals surface area contributed by atoms with Crippen LogP contribution in [0.5, 0.6) is 5.75 Å². The predicted molar refractivity (Wildman–Crippen MR) is 116 cm³/mol. The summed E-state index contributed by atoms with van der Waals surface area (Å²) in [4.78, 5) is 0. The fourth-order valence-electron chi connectivity index (χ4n) is 4.16. The minimum atomic E-state index is 0.424. The van der Waals surface area contributed by atoms with E-state index in [-0.39, 0.29) is 0 Å². The van der Waals surface area contributed by atoms with E-state index >= 15 is 0 Å². The molecule has 1 saturated carbocycles. The highest BCUT2D eigenvalue weighted by atomic mass is 19.1. The molecule has 1 nitrogen and oxygen atoms in total. The Labute approximate surface area is 169 Å². The molecule has 0 N–H and O–H groups in total. The van der Waals surface area contributed by atoms with Gasteiger partial charge < -0.3 is 4.74 Å². The molecule has 2 aromatic carbocycles. The van der Waals surface area contributed by atoms with Crippen molar-refractivity contribution in [3.05, 3.63) is 66.5 Å². The van der Waals surface area contributed by atoms with E-state index in [4.69, 9.17) is 4.74 Å². The molecule has 0 atom stereocenters. The molecule has 3 rings (SSSR count). The molecule has 0 amide bonds. The van der Waals surface area contributed by atoms with Crippen molar-refractivity contribution in [2.75, 3.05) is 6.61 Å². The smallest absolute Gasteiger partial charge is 0.119 e. The van der Waals surface area contributed by atoms with Gasteiger partial charge in [0.25, 0.3) is 0 Å². The van der Waals surface area contributed by atoms with E-state index < -0.39 is 0 Å². The Balaban J connectivity index is 1.52. The van der Waals surface area contributed by atoms with Crippen LogP contribution in [-0.4, -0.2) is 6.61 Å². The summed E-state index contributed by atoms with van der Waals surface area (Å²) in [7, 11) is 0. The normalized spacial score (nSPS) is 19.8. The van der Waals surface area contributed by atoms with E-state index in [1.807, 2.05) is 0 Å². The molecule has 28 heavy (non-hydrogen) atoms. The first-order valence-corrected chi connectivity index (χ1v) is 10.9. The van der Waals surface area contributed by atoms with Crippen LogP contribution in [0.3, 0.4) is 0 Å². The highest BCUT2D eigenvalue weighted by molar-refractivity contribution is 5.64. The summed E-state index contributed by atoms with van der Waals surface area (Å²) in [5.41, 5.74) is 3.88. The van der Waals surface area contributed by atoms with Crippen molar-refractivity contribution in [1.82, 2.24) is 0 Å². The number of hydrogen-bond acceptors (Lipinski definition) is 1. The average molecular weight is 381 g/mol. The molecule has 0 saturated heterocycles. The second-order valence-corrected chi connectivity index (χ2v) is 7.99. The number of allylic oxidation sites excluding steroid dienone is 1. The molecule has 150 valence electrons. The molecule has 2 heteroatoms. The zero-order valence-corrected chi connectivity index (χ0v) is 17.1. The summed E-state index contributed by atoms with van der Waals surface area (Å²) in [6, 6.07) is 17.4. The number of halogens is 1. The third-order valence-electron chi connectivity index (χ3n) is 5.95. The molecule has 0 aromatic heterocycles. The Morgan fingerprint density at radius 2 is 1.50 bits per heavy atom. The fraction of sp³-hybridized carbons (Fsp3) is 0.462. The summed E-state index contributed by atoms with van der Waals surface area (Å²) in [5, 5.41) is 0. The van der Waals surface area contributed by atoms with Crippen LogP contribution in [0.15, 0.2) is 60.9 Å². The monoisotopic (exact) mass is 380 g/mol. The van der Waals surface area contributed by atoms with Gasteiger partial charge in [0.2, 0.25) is 0 Å². The van der Waals surface area contributed by atoms with Gasteiger partial charge in [0.1, 0.15) is 5.75 Å². The molecular formula is C26H33FO. The lowest BCUT2D eigenvalue weighted by Gasteiger charge is -2.27. The Kier molecular flexibility index (Phi) is 8.14. The summed E-state index contributed by atoms with van der Waals surface area (Å²) in [6.45, 7) is 3.03. The lowest BCUT2D eigenvalue weighted by molar-refractivity contribution is 0.305. The maximum absolute atomic E-state index is 12.3. The first-order valence-electron chi connectivity index (χ1n) is 10.9. The number of rotatable bonds is 9. The molecule has 2 aromatic rings. The molecule has 0 unspecified atom stereocenters. The van der Waals surface area contributed by atoms with E-state index in [0.29, 0.717) is 18.2 Å². The Morgan fingerprint density at radius 1 is 0.857 bits per heavy atom. The third-order valence-corrected chi connectivity index (χ3v) is 5.95. The van der Waals surface area contributed by atoms with Crippen molar-refractivity contribution in [2.24, 2.45) is 5.92 Å². The van der Waals surface area contributed by atoms with E-state index in [1.54, 1.807) is 6.08 Å². The molecule has 1 fully saturated rings. The van der Waals surface area contributed by atoms with Crippen LogP contribution in [0, 0.1) is 5.92 Å². The zero-order chi connectivity index (χ0) is 19.6. The van der Waals surface area contributed by atoms with Gasteiger partial charge in [-0.2, -0.15) is 0 Å². The van der Waals surface area contributed by atoms with Gasteiger partial charge in [-0.15, -0.1) is 0 Å². The highest BCUT2D eigenvalue weighted by Crippen LogP contribution is 2.37. The summed E-state index contributed by atoms with van der Waals surface area (Å²) >= 11 is 0. The average Bonchev–Trinajstić information content (AvgIpc) is 2.75. The highest BCUT2D eigenvalue weighted by Gasteiger charge is 2.20. The van der Waals surface area contributed by atoms with Gasteiger partial charge in [0, 0.05) is 0 Å². The first kappa shape index (κ1) is 20.6. The van der Waals surface area contributed by atoms with Gasteiger partial charge in [-0.25, -0.2) is 4.39 Å². The number of unbranched alkanes of at least 4 members (excludes halogenated alkanes) is 3. The van der Waals surface area contributed by atoms with Gasteiger partial charge in [0.15, 0.2) is 0 Å². The van der Waals surface area contributed by atoms with Crippen LogP contribution in [0.2, 0.25) is 0 Å². The van der Waals surface area contributed by atoms with Gasteiger partial charge in [0.05, 0.1) is 12.9 Å². The van der Waals surface area contributed by atoms with E-state index in [1.165, 1.54) is 36.0 Å². The zero-order valence-electron chi connectivity index (χ0n) is 17.1. The molecule has 1 aliphatic rings. The van der Waals surface area contributed by atoms with Crippen molar-refractivity contribution >= 4 is 0 Å². The first-order chi connectivity index (χ1) is 13.8. The minimum absolute atomic E-state index is 0.424. The van der Waals surface area contributed by atoms with Crippen LogP contribution in [0.4, 0.5) is 4.39 Å². The Morgan fingerprint density at radius 3 is 2.11 bits per heavy atom. The largest absolute Gasteiger partial charge is 0.494 e. The van der Waals surface area contributed by atoms with Gasteiger partial charge in [-0.05, 0) is 72.8 Å². The maximum Gasteiger partial charge on any atom is 0.119 e. The summed E-state index contributed by atoms with van der Waals surface area (Å²) in [6.07, 6.45) is 11.8. The van der Waals surface area contributed by atoms with E-state index in [2.05, 4.69) is 55.5 Å². The quantitative estimate of drug-likeness (QED) is 0.400. The Hall–Kier alpha value is -2.09. The van der Waals surface area contributed by atoms with Crippen LogP contribution in [0.25, 0.3) is 11.1 Å². The van der Waals surface area contributed by atoms with Crippen LogP contribution >= 0.6 is 0 Å². The molecular weight excluding hydrogens is 347 g/mol. The summed E-state index contributed by atoms with van der Waals surface area (Å²) < 4.78 is 18.2. The molecule has 0 aliphatic heterocycles. The molecule has 0 heterocycles. The topological polar surface area (TPSA) is 9.23 Å². The van der Waals surface area contributed by atoms with Crippen molar-refractivity contribution < 1.29 is 9.13 Å². The number of benzene rings is 2. The predicted octanol–water partition coefficient (Wildman–Crippen LogP) is 8.07. The van der Waals surface area contributed by atoms with Crippen molar-refractivity contribution in [1.29, 1.82) is 0 Å². The maximum atomic E-state index is 12.3. The second-order valence-electron chi connectivity index (χ2n) is 7.99. The van der Waals surface area contributed by atoms with Crippen molar-refractivity contribution in [2.45, 2.75) is 64.2 Å². The molecule has 0 bridgehead atoms. The summed E-state index contributed by atoms with van der Waals surface area (Å²) in [5.74, 6) is 1.99. The van der Waals surface area contributed by atoms with Crippen molar-refractivity contribution in [3.63, 3.8) is 0 Å². The van der Waals surface area contributed by atoms with Crippen LogP contribution in [-0.2, 0) is 0 Å². The molecule has 0 radical (unpaired) electrons.